The minimum Gasteiger partial charge on any atom is -0.399 e. The number of benzene rings is 1. The molecule has 0 atom stereocenters. The molecule has 20 heavy (non-hydrogen) atoms. The van der Waals surface area contributed by atoms with E-state index in [-0.39, 0.29) is 0 Å². The molecule has 1 aliphatic carbocycles. The number of hydrogen-bond acceptors (Lipinski definition) is 2. The monoisotopic (exact) mass is 269 g/mol. The van der Waals surface area contributed by atoms with Gasteiger partial charge in [-0.25, -0.2) is 4.98 Å². The van der Waals surface area contributed by atoms with Gasteiger partial charge in [-0.15, -0.1) is 0 Å². The molecule has 1 aromatic heterocycles. The molecule has 1 aromatic carbocycles. The van der Waals surface area contributed by atoms with Crippen LogP contribution in [0.5, 0.6) is 0 Å². The van der Waals surface area contributed by atoms with Crippen LogP contribution in [0.4, 0.5) is 5.69 Å². The molecule has 2 aromatic rings. The summed E-state index contributed by atoms with van der Waals surface area (Å²) in [4.78, 5) is 4.37. The van der Waals surface area contributed by atoms with Crippen LogP contribution in [0.2, 0.25) is 0 Å². The lowest BCUT2D eigenvalue weighted by Gasteiger charge is -2.22. The summed E-state index contributed by atoms with van der Waals surface area (Å²) in [5, 5.41) is 0. The summed E-state index contributed by atoms with van der Waals surface area (Å²) >= 11 is 0. The molecule has 0 amide bonds. The Morgan fingerprint density at radius 1 is 1.10 bits per heavy atom. The Hall–Kier alpha value is -1.77. The number of nitrogens with zero attached hydrogens (tertiary/aromatic N) is 2. The predicted octanol–water partition coefficient (Wildman–Crippen LogP) is 3.76. The number of hydrogen-bond donors (Lipinski definition) is 1. The summed E-state index contributed by atoms with van der Waals surface area (Å²) in [6.45, 7) is 1.01. The zero-order valence-corrected chi connectivity index (χ0v) is 12.0. The number of nitrogens with two attached hydrogens (primary N) is 1. The number of aryl methyl sites for hydroxylation is 2. The van der Waals surface area contributed by atoms with E-state index in [4.69, 9.17) is 5.73 Å². The minimum absolute atomic E-state index is 0.720. The van der Waals surface area contributed by atoms with E-state index in [2.05, 4.69) is 27.9 Å². The molecular weight excluding hydrogens is 246 g/mol. The first-order valence-corrected chi connectivity index (χ1v) is 7.67. The van der Waals surface area contributed by atoms with Crippen LogP contribution >= 0.6 is 0 Å². The lowest BCUT2D eigenvalue weighted by Crippen LogP contribution is -2.11. The van der Waals surface area contributed by atoms with Crippen LogP contribution in [0.25, 0.3) is 0 Å². The Bertz CT molecular complexity index is 536. The maximum absolute atomic E-state index is 5.72. The van der Waals surface area contributed by atoms with Crippen molar-refractivity contribution >= 4 is 5.69 Å². The molecule has 1 saturated carbocycles. The van der Waals surface area contributed by atoms with Gasteiger partial charge in [0.05, 0.1) is 6.33 Å². The van der Waals surface area contributed by atoms with Gasteiger partial charge in [-0.3, -0.25) is 0 Å². The van der Waals surface area contributed by atoms with Crippen LogP contribution in [0, 0.1) is 0 Å². The average Bonchev–Trinajstić information content (AvgIpc) is 2.96. The molecule has 0 radical (unpaired) electrons. The zero-order chi connectivity index (χ0) is 13.8. The zero-order valence-electron chi connectivity index (χ0n) is 12.0. The Morgan fingerprint density at radius 2 is 1.85 bits per heavy atom. The van der Waals surface area contributed by atoms with Gasteiger partial charge in [0.25, 0.3) is 0 Å². The third kappa shape index (κ3) is 3.03. The van der Waals surface area contributed by atoms with E-state index < -0.39 is 0 Å². The van der Waals surface area contributed by atoms with Crippen molar-refractivity contribution in [3.63, 3.8) is 0 Å². The van der Waals surface area contributed by atoms with Gasteiger partial charge in [0, 0.05) is 30.0 Å². The van der Waals surface area contributed by atoms with E-state index in [1.54, 1.807) is 0 Å². The lowest BCUT2D eigenvalue weighted by molar-refractivity contribution is 0.423. The fourth-order valence-electron chi connectivity index (χ4n) is 3.19. The van der Waals surface area contributed by atoms with Crippen molar-refractivity contribution in [2.24, 2.45) is 0 Å². The van der Waals surface area contributed by atoms with Gasteiger partial charge in [-0.1, -0.05) is 31.4 Å². The van der Waals surface area contributed by atoms with Gasteiger partial charge in [-0.2, -0.15) is 0 Å². The van der Waals surface area contributed by atoms with E-state index in [1.807, 2.05) is 18.5 Å². The quantitative estimate of drug-likeness (QED) is 0.859. The Kier molecular flexibility index (Phi) is 4.05. The Labute approximate surface area is 120 Å². The van der Waals surface area contributed by atoms with Crippen molar-refractivity contribution in [2.75, 3.05) is 5.73 Å². The fourth-order valence-corrected chi connectivity index (χ4v) is 3.19. The highest BCUT2D eigenvalue weighted by molar-refractivity contribution is 5.39. The molecule has 1 heterocycles. The van der Waals surface area contributed by atoms with Crippen molar-refractivity contribution in [3.8, 4) is 0 Å². The van der Waals surface area contributed by atoms with Crippen LogP contribution in [-0.2, 0) is 13.0 Å². The standard InChI is InChI=1S/C17H23N3/c18-16-8-6-14(7-9-16)10-11-20-13-19-12-17(20)15-4-2-1-3-5-15/h6-9,12-13,15H,1-5,10-11,18H2. The highest BCUT2D eigenvalue weighted by Gasteiger charge is 2.18. The normalized spacial score (nSPS) is 16.4. The third-order valence-corrected chi connectivity index (χ3v) is 4.39. The molecular formula is C17H23N3. The fraction of sp³-hybridized carbons (Fsp3) is 0.471. The second-order valence-corrected chi connectivity index (χ2v) is 5.84. The first-order chi connectivity index (χ1) is 9.83. The smallest absolute Gasteiger partial charge is 0.0948 e. The van der Waals surface area contributed by atoms with Gasteiger partial charge in [0.15, 0.2) is 0 Å². The highest BCUT2D eigenvalue weighted by Crippen LogP contribution is 2.32. The van der Waals surface area contributed by atoms with Gasteiger partial charge in [-0.05, 0) is 37.0 Å². The lowest BCUT2D eigenvalue weighted by atomic mass is 9.87. The minimum atomic E-state index is 0.720. The molecule has 3 nitrogen and oxygen atoms in total. The Morgan fingerprint density at radius 3 is 2.60 bits per heavy atom. The molecule has 3 heteroatoms. The van der Waals surface area contributed by atoms with Crippen molar-refractivity contribution < 1.29 is 0 Å². The molecule has 0 bridgehead atoms. The number of anilines is 1. The van der Waals surface area contributed by atoms with Crippen molar-refractivity contribution in [1.29, 1.82) is 0 Å². The van der Waals surface area contributed by atoms with Crippen LogP contribution in [0.15, 0.2) is 36.8 Å². The van der Waals surface area contributed by atoms with Crippen LogP contribution in [0.3, 0.4) is 0 Å². The summed E-state index contributed by atoms with van der Waals surface area (Å²) in [7, 11) is 0. The SMILES string of the molecule is Nc1ccc(CCn2cncc2C2CCCCC2)cc1. The first-order valence-electron chi connectivity index (χ1n) is 7.67. The van der Waals surface area contributed by atoms with Gasteiger partial charge < -0.3 is 10.3 Å². The summed E-state index contributed by atoms with van der Waals surface area (Å²) in [5.74, 6) is 0.720. The number of nitrogen functional groups attached to an aromatic ring is 1. The molecule has 0 saturated heterocycles. The van der Waals surface area contributed by atoms with Crippen LogP contribution in [0.1, 0.15) is 49.3 Å². The van der Waals surface area contributed by atoms with Crippen molar-refractivity contribution in [2.45, 2.75) is 51.0 Å². The van der Waals surface area contributed by atoms with Crippen LogP contribution < -0.4 is 5.73 Å². The maximum atomic E-state index is 5.72. The molecule has 1 fully saturated rings. The van der Waals surface area contributed by atoms with Gasteiger partial charge >= 0.3 is 0 Å². The molecule has 0 unspecified atom stereocenters. The maximum Gasteiger partial charge on any atom is 0.0948 e. The summed E-state index contributed by atoms with van der Waals surface area (Å²) in [6.07, 6.45) is 11.9. The van der Waals surface area contributed by atoms with Crippen LogP contribution in [-0.4, -0.2) is 9.55 Å². The van der Waals surface area contributed by atoms with Crippen molar-refractivity contribution in [1.82, 2.24) is 9.55 Å². The molecule has 0 spiro atoms. The molecule has 2 N–H and O–H groups in total. The number of aromatic nitrogens is 2. The van der Waals surface area contributed by atoms with Gasteiger partial charge in [0.2, 0.25) is 0 Å². The molecule has 1 aliphatic rings. The van der Waals surface area contributed by atoms with E-state index in [0.717, 1.165) is 24.6 Å². The van der Waals surface area contributed by atoms with E-state index in [0.29, 0.717) is 0 Å². The third-order valence-electron chi connectivity index (χ3n) is 4.39. The topological polar surface area (TPSA) is 43.8 Å². The molecule has 3 rings (SSSR count). The molecule has 106 valence electrons. The van der Waals surface area contributed by atoms with E-state index in [9.17, 15) is 0 Å². The van der Waals surface area contributed by atoms with Crippen molar-refractivity contribution in [3.05, 3.63) is 48.0 Å². The summed E-state index contributed by atoms with van der Waals surface area (Å²) < 4.78 is 2.34. The number of rotatable bonds is 4. The van der Waals surface area contributed by atoms with E-state index in [1.165, 1.54) is 43.4 Å². The second-order valence-electron chi connectivity index (χ2n) is 5.84. The predicted molar refractivity (Wildman–Crippen MR) is 82.6 cm³/mol. The Balaban J connectivity index is 1.65. The second kappa shape index (κ2) is 6.12. The van der Waals surface area contributed by atoms with E-state index >= 15 is 0 Å². The van der Waals surface area contributed by atoms with Gasteiger partial charge in [0.1, 0.15) is 0 Å². The largest absolute Gasteiger partial charge is 0.399 e. The molecule has 0 aliphatic heterocycles. The summed E-state index contributed by atoms with van der Waals surface area (Å²) in [5.41, 5.74) is 9.32. The first kappa shape index (κ1) is 13.2. The summed E-state index contributed by atoms with van der Waals surface area (Å²) in [6, 6.07) is 8.19. The number of imidazole rings is 1. The highest BCUT2D eigenvalue weighted by atomic mass is 15.0. The average molecular weight is 269 g/mol.